The van der Waals surface area contributed by atoms with Gasteiger partial charge in [-0.1, -0.05) is 12.1 Å². The van der Waals surface area contributed by atoms with E-state index in [1.165, 1.54) is 48.5 Å². The Labute approximate surface area is 261 Å². The summed E-state index contributed by atoms with van der Waals surface area (Å²) in [7, 11) is -9.32. The summed E-state index contributed by atoms with van der Waals surface area (Å²) in [5.41, 5.74) is 0.0583. The van der Waals surface area contributed by atoms with Crippen molar-refractivity contribution in [2.75, 3.05) is 42.3 Å². The van der Waals surface area contributed by atoms with Crippen LogP contribution in [0.15, 0.2) is 80.7 Å². The smallest absolute Gasteiger partial charge is 0.296 e. The fourth-order valence-corrected chi connectivity index (χ4v) is 5.49. The topological polar surface area (TPSA) is 269 Å². The van der Waals surface area contributed by atoms with E-state index in [0.29, 0.717) is 16.5 Å². The van der Waals surface area contributed by atoms with Crippen LogP contribution in [-0.4, -0.2) is 82.5 Å². The van der Waals surface area contributed by atoms with Crippen molar-refractivity contribution in [2.45, 2.75) is 9.79 Å². The Morgan fingerprint density at radius 3 is 1.93 bits per heavy atom. The summed E-state index contributed by atoms with van der Waals surface area (Å²) in [6, 6.07) is 14.0. The van der Waals surface area contributed by atoms with Crippen molar-refractivity contribution in [3.8, 4) is 5.75 Å². The lowest BCUT2D eigenvalue weighted by Gasteiger charge is -2.12. The largest absolute Gasteiger partial charge is 0.505 e. The maximum Gasteiger partial charge on any atom is 0.296 e. The molecule has 0 amide bonds. The van der Waals surface area contributed by atoms with Crippen molar-refractivity contribution in [3.05, 3.63) is 60.7 Å². The number of aromatic nitrogens is 3. The van der Waals surface area contributed by atoms with E-state index in [1.807, 2.05) is 0 Å². The van der Waals surface area contributed by atoms with Gasteiger partial charge in [-0.25, -0.2) is 0 Å². The third kappa shape index (κ3) is 7.42. The molecule has 0 atom stereocenters. The van der Waals surface area contributed by atoms with E-state index in [2.05, 4.69) is 41.1 Å². The molecule has 0 radical (unpaired) electrons. The van der Waals surface area contributed by atoms with E-state index in [9.17, 15) is 31.0 Å². The highest BCUT2D eigenvalue weighted by molar-refractivity contribution is 7.86. The molecule has 46 heavy (non-hydrogen) atoms. The number of hydrogen-bond donors (Lipinski definition) is 8. The molecule has 19 heteroatoms. The number of fused-ring (bicyclic) bond motifs is 2. The van der Waals surface area contributed by atoms with E-state index in [0.717, 1.165) is 6.07 Å². The van der Waals surface area contributed by atoms with Crippen molar-refractivity contribution in [1.29, 1.82) is 0 Å². The molecule has 0 saturated carbocycles. The number of nitrogens with zero attached hydrogens (tertiary/aromatic N) is 5. The number of nitrogens with one attached hydrogen (secondary N) is 3. The number of phenolic OH excluding ortho intramolecular Hbond substituents is 1. The van der Waals surface area contributed by atoms with Gasteiger partial charge < -0.3 is 31.3 Å². The summed E-state index contributed by atoms with van der Waals surface area (Å²) in [5, 5.41) is 47.2. The molecule has 0 aliphatic heterocycles. The fraction of sp³-hybridized carbons (Fsp3) is 0.148. The van der Waals surface area contributed by atoms with E-state index < -0.39 is 36.6 Å². The number of aliphatic hydroxyl groups is 2. The number of azo groups is 1. The van der Waals surface area contributed by atoms with Gasteiger partial charge in [0.25, 0.3) is 20.2 Å². The van der Waals surface area contributed by atoms with E-state index in [1.54, 1.807) is 6.07 Å². The molecule has 0 spiro atoms. The highest BCUT2D eigenvalue weighted by Crippen LogP contribution is 2.42. The average Bonchev–Trinajstić information content (AvgIpc) is 3.00. The number of phenols is 1. The number of hydrogen-bond acceptors (Lipinski definition) is 15. The van der Waals surface area contributed by atoms with Gasteiger partial charge in [-0.05, 0) is 64.7 Å². The highest BCUT2D eigenvalue weighted by Gasteiger charge is 2.22. The lowest BCUT2D eigenvalue weighted by Crippen LogP contribution is -2.14. The van der Waals surface area contributed by atoms with Gasteiger partial charge in [-0.2, -0.15) is 36.9 Å². The fourth-order valence-electron chi connectivity index (χ4n) is 4.32. The third-order valence-electron chi connectivity index (χ3n) is 6.37. The van der Waals surface area contributed by atoms with Crippen LogP contribution >= 0.6 is 0 Å². The van der Waals surface area contributed by atoms with Gasteiger partial charge in [0.15, 0.2) is 5.75 Å². The van der Waals surface area contributed by atoms with Crippen LogP contribution in [-0.2, 0) is 20.2 Å². The minimum absolute atomic E-state index is 0.0597. The van der Waals surface area contributed by atoms with Gasteiger partial charge in [-0.15, -0.1) is 5.11 Å². The molecule has 1 heterocycles. The predicted octanol–water partition coefficient (Wildman–Crippen LogP) is 3.34. The summed E-state index contributed by atoms with van der Waals surface area (Å²) in [4.78, 5) is 11.6. The number of aromatic hydroxyl groups is 1. The van der Waals surface area contributed by atoms with Gasteiger partial charge in [0, 0.05) is 24.2 Å². The molecule has 1 aromatic heterocycles. The Morgan fingerprint density at radius 1 is 0.674 bits per heavy atom. The second-order valence-electron chi connectivity index (χ2n) is 9.58. The standard InChI is InChI=1S/C27H26N8O9S2/c36-9-7-28-25-31-26(29-8-10-37)33-27(32-25)30-18-4-6-21-17(12-18)14-22(46(42,43)44)23(24(21)38)35-34-19-3-1-16-13-20(45(39,40)41)5-2-15(16)11-19/h1-6,11-14,36-38H,7-10H2,(H,39,40,41)(H,42,43,44)(H3,28,29,30,31,32,33)/b35-34+. The molecular formula is C27H26N8O9S2. The first-order chi connectivity index (χ1) is 21.9. The summed E-state index contributed by atoms with van der Waals surface area (Å²) >= 11 is 0. The maximum absolute atomic E-state index is 12.4. The molecule has 0 aliphatic carbocycles. The molecular weight excluding hydrogens is 644 g/mol. The van der Waals surface area contributed by atoms with Crippen LogP contribution in [0, 0.1) is 0 Å². The quantitative estimate of drug-likeness (QED) is 0.0698. The molecule has 17 nitrogen and oxygen atoms in total. The molecule has 5 rings (SSSR count). The second-order valence-corrected chi connectivity index (χ2v) is 12.4. The van der Waals surface area contributed by atoms with Crippen LogP contribution in [0.4, 0.5) is 34.9 Å². The molecule has 0 unspecified atom stereocenters. The predicted molar refractivity (Wildman–Crippen MR) is 168 cm³/mol. The molecule has 4 aromatic carbocycles. The van der Waals surface area contributed by atoms with Crippen molar-refractivity contribution in [2.24, 2.45) is 10.2 Å². The SMILES string of the molecule is O=S(=O)(O)c1ccc2cc(/N=N/c3c(S(=O)(=O)O)cc4cc(Nc5nc(NCCO)nc(NCCO)n5)ccc4c3O)ccc2c1. The minimum atomic E-state index is -4.91. The van der Waals surface area contributed by atoms with Crippen LogP contribution in [0.5, 0.6) is 5.75 Å². The Kier molecular flexibility index (Phi) is 9.23. The van der Waals surface area contributed by atoms with Gasteiger partial charge in [0.05, 0.1) is 23.8 Å². The highest BCUT2D eigenvalue weighted by atomic mass is 32.2. The van der Waals surface area contributed by atoms with Crippen molar-refractivity contribution in [1.82, 2.24) is 15.0 Å². The summed E-state index contributed by atoms with van der Waals surface area (Å²) in [6.07, 6.45) is 0. The van der Waals surface area contributed by atoms with Gasteiger partial charge >= 0.3 is 0 Å². The van der Waals surface area contributed by atoms with Crippen LogP contribution < -0.4 is 16.0 Å². The normalized spacial score (nSPS) is 12.2. The van der Waals surface area contributed by atoms with Crippen LogP contribution in [0.1, 0.15) is 0 Å². The van der Waals surface area contributed by atoms with Gasteiger partial charge in [0.1, 0.15) is 10.6 Å². The first-order valence-electron chi connectivity index (χ1n) is 13.3. The van der Waals surface area contributed by atoms with E-state index in [-0.39, 0.29) is 65.5 Å². The van der Waals surface area contributed by atoms with E-state index in [4.69, 9.17) is 10.2 Å². The molecule has 8 N–H and O–H groups in total. The Bertz CT molecular complexity index is 2170. The monoisotopic (exact) mass is 670 g/mol. The second kappa shape index (κ2) is 13.1. The number of benzene rings is 4. The maximum atomic E-state index is 12.4. The van der Waals surface area contributed by atoms with Crippen LogP contribution in [0.25, 0.3) is 21.5 Å². The van der Waals surface area contributed by atoms with Crippen molar-refractivity contribution < 1.29 is 41.3 Å². The minimum Gasteiger partial charge on any atom is -0.505 e. The third-order valence-corrected chi connectivity index (χ3v) is 8.09. The Hall–Kier alpha value is -5.05. The molecule has 0 bridgehead atoms. The molecule has 0 aliphatic rings. The van der Waals surface area contributed by atoms with Crippen molar-refractivity contribution >= 4 is 76.7 Å². The average molecular weight is 671 g/mol. The zero-order chi connectivity index (χ0) is 33.1. The molecule has 5 aromatic rings. The zero-order valence-electron chi connectivity index (χ0n) is 23.5. The zero-order valence-corrected chi connectivity index (χ0v) is 25.2. The first-order valence-corrected chi connectivity index (χ1v) is 16.2. The molecule has 0 saturated heterocycles. The molecule has 240 valence electrons. The number of rotatable bonds is 12. The summed E-state index contributed by atoms with van der Waals surface area (Å²) in [6.45, 7) is -0.0330. The first kappa shape index (κ1) is 32.3. The summed E-state index contributed by atoms with van der Waals surface area (Å²) < 4.78 is 66.8. The van der Waals surface area contributed by atoms with E-state index >= 15 is 0 Å². The lowest BCUT2D eigenvalue weighted by molar-refractivity contribution is 0.310. The van der Waals surface area contributed by atoms with Crippen LogP contribution in [0.2, 0.25) is 0 Å². The van der Waals surface area contributed by atoms with Crippen LogP contribution in [0.3, 0.4) is 0 Å². The van der Waals surface area contributed by atoms with Gasteiger partial charge in [-0.3, -0.25) is 9.11 Å². The Balaban J connectivity index is 1.50. The lowest BCUT2D eigenvalue weighted by atomic mass is 10.1. The van der Waals surface area contributed by atoms with Crippen molar-refractivity contribution in [3.63, 3.8) is 0 Å². The number of aliphatic hydroxyl groups excluding tert-OH is 2. The Morgan fingerprint density at radius 2 is 1.30 bits per heavy atom. The summed E-state index contributed by atoms with van der Waals surface area (Å²) in [5.74, 6) is -0.263. The van der Waals surface area contributed by atoms with Gasteiger partial charge in [0.2, 0.25) is 17.8 Å². The number of anilines is 4. The molecule has 0 fully saturated rings.